The molecule has 1 fully saturated rings. The maximum atomic E-state index is 13.7. The molecule has 0 radical (unpaired) electrons. The minimum Gasteiger partial charge on any atom is -0.492 e. The average Bonchev–Trinajstić information content (AvgIpc) is 2.90. The maximum Gasteiger partial charge on any atom is 0.421 e. The molecule has 39 heavy (non-hydrogen) atoms. The fraction of sp³-hybridized carbons (Fsp3) is 0.296. The van der Waals surface area contributed by atoms with Gasteiger partial charge in [-0.3, -0.25) is 9.69 Å². The summed E-state index contributed by atoms with van der Waals surface area (Å²) in [5.74, 6) is -0.210. The molecule has 206 valence electrons. The molecule has 0 unspecified atom stereocenters. The van der Waals surface area contributed by atoms with Crippen LogP contribution in [-0.2, 0) is 11.0 Å². The van der Waals surface area contributed by atoms with Gasteiger partial charge < -0.3 is 25.6 Å². The van der Waals surface area contributed by atoms with Gasteiger partial charge in [0.2, 0.25) is 11.9 Å². The lowest BCUT2D eigenvalue weighted by Gasteiger charge is -2.32. The molecule has 1 aromatic heterocycles. The van der Waals surface area contributed by atoms with E-state index in [9.17, 15) is 18.0 Å². The minimum atomic E-state index is -4.68. The lowest BCUT2D eigenvalue weighted by molar-refractivity contribution is -0.137. The minimum absolute atomic E-state index is 0.0228. The van der Waals surface area contributed by atoms with Gasteiger partial charge >= 0.3 is 6.18 Å². The molecule has 3 N–H and O–H groups in total. The van der Waals surface area contributed by atoms with Crippen molar-refractivity contribution in [2.75, 3.05) is 62.3 Å². The molecule has 1 saturated heterocycles. The van der Waals surface area contributed by atoms with E-state index in [1.807, 2.05) is 0 Å². The third-order valence-electron chi connectivity index (χ3n) is 6.06. The van der Waals surface area contributed by atoms with Gasteiger partial charge in [0.05, 0.1) is 0 Å². The Morgan fingerprint density at radius 2 is 1.77 bits per heavy atom. The van der Waals surface area contributed by atoms with Crippen molar-refractivity contribution in [3.63, 3.8) is 0 Å². The number of alkyl halides is 3. The number of hydrogen-bond donors (Lipinski definition) is 3. The lowest BCUT2D eigenvalue weighted by atomic mass is 10.2. The van der Waals surface area contributed by atoms with Crippen LogP contribution in [0.3, 0.4) is 0 Å². The number of amides is 1. The fourth-order valence-electron chi connectivity index (χ4n) is 3.88. The zero-order chi connectivity index (χ0) is 27.8. The molecule has 1 aliphatic rings. The number of carbonyl (C=O) groups excluding carboxylic acids is 1. The second-order valence-electron chi connectivity index (χ2n) is 9.00. The van der Waals surface area contributed by atoms with E-state index >= 15 is 0 Å². The topological polar surface area (TPSA) is 94.6 Å². The van der Waals surface area contributed by atoms with E-state index in [0.717, 1.165) is 45.0 Å². The Balaban J connectivity index is 1.41. The number of likely N-dealkylation sites (N-methyl/N-ethyl adjacent to an activating group) is 1. The number of ether oxygens (including phenoxy) is 1. The predicted molar refractivity (Wildman–Crippen MR) is 145 cm³/mol. The number of halogens is 3. The number of carbonyl (C=O) groups is 1. The average molecular weight is 542 g/mol. The normalized spacial score (nSPS) is 14.5. The molecule has 2 aromatic carbocycles. The molecule has 12 heteroatoms. The number of rotatable bonds is 10. The monoisotopic (exact) mass is 541 g/mol. The highest BCUT2D eigenvalue weighted by Crippen LogP contribution is 2.35. The van der Waals surface area contributed by atoms with Gasteiger partial charge in [-0.1, -0.05) is 12.6 Å². The van der Waals surface area contributed by atoms with Crippen molar-refractivity contribution in [1.82, 2.24) is 19.8 Å². The predicted octanol–water partition coefficient (Wildman–Crippen LogP) is 4.73. The lowest BCUT2D eigenvalue weighted by Crippen LogP contribution is -2.45. The van der Waals surface area contributed by atoms with Crippen molar-refractivity contribution in [3.8, 4) is 5.75 Å². The SMILES string of the molecule is C=CC(=O)Nc1cccc(Nc2nc(Nc3ccc(OCCN4CCN(C)CC4)cc3)ncc2C(F)(F)F)c1. The second-order valence-corrected chi connectivity index (χ2v) is 9.00. The summed E-state index contributed by atoms with van der Waals surface area (Å²) in [7, 11) is 2.11. The summed E-state index contributed by atoms with van der Waals surface area (Å²) >= 11 is 0. The van der Waals surface area contributed by atoms with Gasteiger partial charge in [-0.25, -0.2) is 4.98 Å². The van der Waals surface area contributed by atoms with E-state index in [2.05, 4.69) is 49.3 Å². The molecule has 0 aliphatic carbocycles. The largest absolute Gasteiger partial charge is 0.492 e. The van der Waals surface area contributed by atoms with Gasteiger partial charge in [0.15, 0.2) is 0 Å². The van der Waals surface area contributed by atoms with Crippen LogP contribution in [-0.4, -0.2) is 72.1 Å². The fourth-order valence-corrected chi connectivity index (χ4v) is 3.88. The Kier molecular flexibility index (Phi) is 8.99. The molecular formula is C27H30F3N7O2. The van der Waals surface area contributed by atoms with Crippen LogP contribution in [0.2, 0.25) is 0 Å². The number of benzene rings is 2. The van der Waals surface area contributed by atoms with Crippen LogP contribution in [0, 0.1) is 0 Å². The van der Waals surface area contributed by atoms with Crippen LogP contribution < -0.4 is 20.7 Å². The summed E-state index contributed by atoms with van der Waals surface area (Å²) < 4.78 is 46.8. The van der Waals surface area contributed by atoms with E-state index in [1.165, 1.54) is 6.07 Å². The van der Waals surface area contributed by atoms with Crippen LogP contribution in [0.25, 0.3) is 0 Å². The van der Waals surface area contributed by atoms with E-state index in [-0.39, 0.29) is 5.95 Å². The Morgan fingerprint density at radius 3 is 2.46 bits per heavy atom. The van der Waals surface area contributed by atoms with E-state index in [4.69, 9.17) is 4.74 Å². The summed E-state index contributed by atoms with van der Waals surface area (Å²) in [6, 6.07) is 13.3. The Hall–Kier alpha value is -4.16. The zero-order valence-corrected chi connectivity index (χ0v) is 21.5. The molecule has 0 saturated carbocycles. The summed E-state index contributed by atoms with van der Waals surface area (Å²) in [6.07, 6.45) is -2.87. The van der Waals surface area contributed by atoms with Crippen molar-refractivity contribution < 1.29 is 22.7 Å². The summed E-state index contributed by atoms with van der Waals surface area (Å²) in [5.41, 5.74) is 0.237. The molecule has 2 heterocycles. The second kappa shape index (κ2) is 12.6. The first-order chi connectivity index (χ1) is 18.7. The van der Waals surface area contributed by atoms with E-state index in [0.29, 0.717) is 29.4 Å². The molecule has 4 rings (SSSR count). The zero-order valence-electron chi connectivity index (χ0n) is 21.5. The first kappa shape index (κ1) is 27.9. The summed E-state index contributed by atoms with van der Waals surface area (Å²) in [5, 5.41) is 8.17. The van der Waals surface area contributed by atoms with Gasteiger partial charge in [0.25, 0.3) is 0 Å². The van der Waals surface area contributed by atoms with Crippen molar-refractivity contribution >= 4 is 34.7 Å². The smallest absolute Gasteiger partial charge is 0.421 e. The number of piperazine rings is 1. The Labute approximate surface area is 224 Å². The Bertz CT molecular complexity index is 1280. The highest BCUT2D eigenvalue weighted by atomic mass is 19.4. The molecule has 9 nitrogen and oxygen atoms in total. The summed E-state index contributed by atoms with van der Waals surface area (Å²) in [6.45, 7) is 8.91. The molecule has 1 aliphatic heterocycles. The van der Waals surface area contributed by atoms with Crippen LogP contribution in [0.4, 0.5) is 42.0 Å². The van der Waals surface area contributed by atoms with Gasteiger partial charge in [0.1, 0.15) is 23.7 Å². The van der Waals surface area contributed by atoms with Crippen molar-refractivity contribution in [2.24, 2.45) is 0 Å². The number of anilines is 5. The van der Waals surface area contributed by atoms with Gasteiger partial charge in [-0.15, -0.1) is 0 Å². The van der Waals surface area contributed by atoms with Crippen molar-refractivity contribution in [2.45, 2.75) is 6.18 Å². The molecule has 0 spiro atoms. The molecule has 3 aromatic rings. The molecular weight excluding hydrogens is 511 g/mol. The van der Waals surface area contributed by atoms with Crippen molar-refractivity contribution in [1.29, 1.82) is 0 Å². The quantitative estimate of drug-likeness (QED) is 0.317. The van der Waals surface area contributed by atoms with Crippen LogP contribution in [0.1, 0.15) is 5.56 Å². The number of nitrogens with one attached hydrogen (secondary N) is 3. The first-order valence-corrected chi connectivity index (χ1v) is 12.3. The van der Waals surface area contributed by atoms with Gasteiger partial charge in [0, 0.05) is 56.0 Å². The third kappa shape index (κ3) is 8.16. The van der Waals surface area contributed by atoms with Crippen molar-refractivity contribution in [3.05, 3.63) is 72.9 Å². The van der Waals surface area contributed by atoms with E-state index < -0.39 is 23.5 Å². The standard InChI is InChI=1S/C27H30F3N7O2/c1-3-24(38)32-20-5-4-6-21(17-20)33-25-23(27(28,29)30)18-31-26(35-25)34-19-7-9-22(10-8-19)39-16-15-37-13-11-36(2)12-14-37/h3-10,17-18H,1,11-16H2,2H3,(H,32,38)(H2,31,33,34,35). The van der Waals surface area contributed by atoms with Crippen LogP contribution >= 0.6 is 0 Å². The highest BCUT2D eigenvalue weighted by molar-refractivity contribution is 5.99. The molecule has 0 bridgehead atoms. The van der Waals surface area contributed by atoms with Gasteiger partial charge in [-0.05, 0) is 55.6 Å². The maximum absolute atomic E-state index is 13.7. The van der Waals surface area contributed by atoms with Crippen LogP contribution in [0.5, 0.6) is 5.75 Å². The first-order valence-electron chi connectivity index (χ1n) is 12.3. The van der Waals surface area contributed by atoms with E-state index in [1.54, 1.807) is 42.5 Å². The number of hydrogen-bond acceptors (Lipinski definition) is 8. The number of nitrogens with zero attached hydrogens (tertiary/aromatic N) is 4. The van der Waals surface area contributed by atoms with Gasteiger partial charge in [-0.2, -0.15) is 18.2 Å². The Morgan fingerprint density at radius 1 is 1.05 bits per heavy atom. The third-order valence-corrected chi connectivity index (χ3v) is 6.06. The summed E-state index contributed by atoms with van der Waals surface area (Å²) in [4.78, 5) is 24.1. The number of aromatic nitrogens is 2. The molecule has 0 atom stereocenters. The van der Waals surface area contributed by atoms with Crippen LogP contribution in [0.15, 0.2) is 67.4 Å². The highest BCUT2D eigenvalue weighted by Gasteiger charge is 2.35. The molecule has 1 amide bonds.